The number of fused-ring (bicyclic) bond motifs is 1. The third-order valence-corrected chi connectivity index (χ3v) is 4.48. The predicted molar refractivity (Wildman–Crippen MR) is 96.7 cm³/mol. The van der Waals surface area contributed by atoms with Gasteiger partial charge in [-0.15, -0.1) is 0 Å². The molecule has 0 bridgehead atoms. The van der Waals surface area contributed by atoms with Gasteiger partial charge >= 0.3 is 0 Å². The lowest BCUT2D eigenvalue weighted by Gasteiger charge is -2.11. The second-order valence-corrected chi connectivity index (χ2v) is 6.57. The van der Waals surface area contributed by atoms with Gasteiger partial charge in [0.05, 0.1) is 16.1 Å². The van der Waals surface area contributed by atoms with Gasteiger partial charge in [-0.05, 0) is 37.1 Å². The number of imidazole rings is 1. The Morgan fingerprint density at radius 3 is 2.76 bits per heavy atom. The first kappa shape index (κ1) is 16.0. The zero-order valence-electron chi connectivity index (χ0n) is 13.6. The molecule has 0 aliphatic heterocycles. The number of benzene rings is 2. The highest BCUT2D eigenvalue weighted by Crippen LogP contribution is 2.25. The molecular weight excluding hydrogens is 338 g/mol. The van der Waals surface area contributed by atoms with Crippen molar-refractivity contribution in [1.82, 2.24) is 14.9 Å². The quantitative estimate of drug-likeness (QED) is 0.735. The number of hydrogen-bond donors (Lipinski definition) is 1. The van der Waals surface area contributed by atoms with E-state index in [-0.39, 0.29) is 19.1 Å². The van der Waals surface area contributed by atoms with Crippen LogP contribution in [0.1, 0.15) is 18.7 Å². The van der Waals surface area contributed by atoms with Gasteiger partial charge in [-0.2, -0.15) is 0 Å². The average Bonchev–Trinajstić information content (AvgIpc) is 3.36. The molecule has 3 aromatic rings. The van der Waals surface area contributed by atoms with Gasteiger partial charge < -0.3 is 14.6 Å². The lowest BCUT2D eigenvalue weighted by molar-refractivity contribution is -0.121. The van der Waals surface area contributed by atoms with E-state index in [4.69, 9.17) is 16.3 Å². The van der Waals surface area contributed by atoms with E-state index in [2.05, 4.69) is 10.3 Å². The Labute approximate surface area is 150 Å². The Balaban J connectivity index is 1.59. The Morgan fingerprint density at radius 2 is 1.96 bits per heavy atom. The molecule has 1 aromatic heterocycles. The molecule has 0 saturated heterocycles. The smallest absolute Gasteiger partial charge is 0.240 e. The van der Waals surface area contributed by atoms with Gasteiger partial charge in [-0.1, -0.05) is 35.9 Å². The second kappa shape index (κ2) is 6.76. The van der Waals surface area contributed by atoms with Crippen LogP contribution < -0.4 is 10.1 Å². The second-order valence-electron chi connectivity index (χ2n) is 6.16. The molecule has 0 radical (unpaired) electrons. The minimum atomic E-state index is 0.00430. The standard InChI is InChI=1S/C19H18ClN3O2/c20-14-5-1-4-8-17(14)25-12-18-22-15-6-2-3-7-16(15)23(18)11-19(24)21-13-9-10-13/h1-8,13H,9-12H2,(H,21,24). The summed E-state index contributed by atoms with van der Waals surface area (Å²) < 4.78 is 7.73. The van der Waals surface area contributed by atoms with Crippen molar-refractivity contribution in [3.63, 3.8) is 0 Å². The zero-order chi connectivity index (χ0) is 17.2. The lowest BCUT2D eigenvalue weighted by atomic mass is 10.3. The van der Waals surface area contributed by atoms with Crippen LogP contribution in [-0.2, 0) is 17.9 Å². The lowest BCUT2D eigenvalue weighted by Crippen LogP contribution is -2.30. The Bertz CT molecular complexity index is 918. The number of aromatic nitrogens is 2. The third-order valence-electron chi connectivity index (χ3n) is 4.17. The maximum absolute atomic E-state index is 12.3. The molecule has 1 N–H and O–H groups in total. The van der Waals surface area contributed by atoms with Crippen LogP contribution >= 0.6 is 11.6 Å². The van der Waals surface area contributed by atoms with E-state index in [1.807, 2.05) is 47.0 Å². The van der Waals surface area contributed by atoms with Crippen molar-refractivity contribution in [2.75, 3.05) is 0 Å². The fraction of sp³-hybridized carbons (Fsp3) is 0.263. The number of ether oxygens (including phenoxy) is 1. The summed E-state index contributed by atoms with van der Waals surface area (Å²) in [5.74, 6) is 1.31. The molecule has 1 fully saturated rings. The number of amides is 1. The number of hydrogen-bond acceptors (Lipinski definition) is 3. The number of carbonyl (C=O) groups is 1. The van der Waals surface area contributed by atoms with E-state index in [9.17, 15) is 4.79 Å². The monoisotopic (exact) mass is 355 g/mol. The summed E-state index contributed by atoms with van der Waals surface area (Å²) in [5, 5.41) is 3.57. The topological polar surface area (TPSA) is 56.2 Å². The summed E-state index contributed by atoms with van der Waals surface area (Å²) in [7, 11) is 0. The van der Waals surface area contributed by atoms with E-state index in [0.29, 0.717) is 22.6 Å². The van der Waals surface area contributed by atoms with Crippen LogP contribution in [0.2, 0.25) is 5.02 Å². The summed E-state index contributed by atoms with van der Waals surface area (Å²) in [6, 6.07) is 15.4. The van der Waals surface area contributed by atoms with Gasteiger partial charge in [0.2, 0.25) is 5.91 Å². The first-order valence-corrected chi connectivity index (χ1v) is 8.69. The van der Waals surface area contributed by atoms with Crippen LogP contribution in [0.25, 0.3) is 11.0 Å². The molecule has 1 heterocycles. The van der Waals surface area contributed by atoms with Crippen molar-refractivity contribution in [2.24, 2.45) is 0 Å². The first-order chi connectivity index (χ1) is 12.2. The third kappa shape index (κ3) is 3.61. The number of carbonyl (C=O) groups excluding carboxylic acids is 1. The molecule has 128 valence electrons. The van der Waals surface area contributed by atoms with Gasteiger partial charge in [-0.25, -0.2) is 4.98 Å². The molecule has 2 aromatic carbocycles. The Hall–Kier alpha value is -2.53. The molecule has 0 unspecified atom stereocenters. The first-order valence-electron chi connectivity index (χ1n) is 8.31. The largest absolute Gasteiger partial charge is 0.484 e. The molecule has 1 amide bonds. The van der Waals surface area contributed by atoms with Crippen molar-refractivity contribution in [1.29, 1.82) is 0 Å². The van der Waals surface area contributed by atoms with Crippen LogP contribution in [0, 0.1) is 0 Å². The molecule has 4 rings (SSSR count). The van der Waals surface area contributed by atoms with E-state index in [1.165, 1.54) is 0 Å². The van der Waals surface area contributed by atoms with E-state index in [0.717, 1.165) is 23.9 Å². The summed E-state index contributed by atoms with van der Waals surface area (Å²) >= 11 is 6.14. The van der Waals surface area contributed by atoms with Gasteiger partial charge in [0.1, 0.15) is 24.7 Å². The van der Waals surface area contributed by atoms with Crippen LogP contribution in [0.4, 0.5) is 0 Å². The SMILES string of the molecule is O=C(Cn1c(COc2ccccc2Cl)nc2ccccc21)NC1CC1. The summed E-state index contributed by atoms with van der Waals surface area (Å²) in [4.78, 5) is 16.9. The molecule has 0 spiro atoms. The van der Waals surface area contributed by atoms with Crippen molar-refractivity contribution in [2.45, 2.75) is 32.0 Å². The molecule has 6 heteroatoms. The summed E-state index contributed by atoms with van der Waals surface area (Å²) in [6.07, 6.45) is 2.14. The van der Waals surface area contributed by atoms with E-state index in [1.54, 1.807) is 6.07 Å². The normalized spacial score (nSPS) is 13.8. The maximum atomic E-state index is 12.3. The molecule has 5 nitrogen and oxygen atoms in total. The van der Waals surface area contributed by atoms with Crippen LogP contribution in [0.3, 0.4) is 0 Å². The molecule has 1 aliphatic rings. The van der Waals surface area contributed by atoms with E-state index >= 15 is 0 Å². The molecule has 25 heavy (non-hydrogen) atoms. The minimum Gasteiger partial charge on any atom is -0.484 e. The predicted octanol–water partition coefficient (Wildman–Crippen LogP) is 3.55. The molecule has 0 atom stereocenters. The molecule has 1 aliphatic carbocycles. The van der Waals surface area contributed by atoms with Crippen molar-refractivity contribution < 1.29 is 9.53 Å². The van der Waals surface area contributed by atoms with Crippen LogP contribution in [-0.4, -0.2) is 21.5 Å². The fourth-order valence-electron chi connectivity index (χ4n) is 2.76. The Morgan fingerprint density at radius 1 is 1.20 bits per heavy atom. The average molecular weight is 356 g/mol. The van der Waals surface area contributed by atoms with Crippen molar-refractivity contribution in [3.8, 4) is 5.75 Å². The summed E-state index contributed by atoms with van der Waals surface area (Å²) in [5.41, 5.74) is 1.77. The molecule has 1 saturated carbocycles. The van der Waals surface area contributed by atoms with Crippen molar-refractivity contribution in [3.05, 3.63) is 59.4 Å². The van der Waals surface area contributed by atoms with Gasteiger partial charge in [0.25, 0.3) is 0 Å². The van der Waals surface area contributed by atoms with Crippen LogP contribution in [0.15, 0.2) is 48.5 Å². The number of nitrogens with one attached hydrogen (secondary N) is 1. The zero-order valence-corrected chi connectivity index (χ0v) is 14.4. The van der Waals surface area contributed by atoms with E-state index < -0.39 is 0 Å². The van der Waals surface area contributed by atoms with Crippen LogP contribution in [0.5, 0.6) is 5.75 Å². The highest BCUT2D eigenvalue weighted by atomic mass is 35.5. The number of para-hydroxylation sites is 3. The van der Waals surface area contributed by atoms with Gasteiger partial charge in [-0.3, -0.25) is 4.79 Å². The fourth-order valence-corrected chi connectivity index (χ4v) is 2.95. The summed E-state index contributed by atoms with van der Waals surface area (Å²) in [6.45, 7) is 0.480. The number of halogens is 1. The van der Waals surface area contributed by atoms with Crippen molar-refractivity contribution >= 4 is 28.5 Å². The Kier molecular flexibility index (Phi) is 4.32. The highest BCUT2D eigenvalue weighted by molar-refractivity contribution is 6.32. The molecular formula is C19H18ClN3O2. The number of rotatable bonds is 6. The van der Waals surface area contributed by atoms with Gasteiger partial charge in [0.15, 0.2) is 0 Å². The highest BCUT2D eigenvalue weighted by Gasteiger charge is 2.24. The number of nitrogens with zero attached hydrogens (tertiary/aromatic N) is 2. The maximum Gasteiger partial charge on any atom is 0.240 e. The minimum absolute atomic E-state index is 0.00430. The van der Waals surface area contributed by atoms with Gasteiger partial charge in [0, 0.05) is 6.04 Å².